The van der Waals surface area contributed by atoms with Gasteiger partial charge in [-0.1, -0.05) is 39.8 Å². The highest BCUT2D eigenvalue weighted by Crippen LogP contribution is 2.41. The van der Waals surface area contributed by atoms with Gasteiger partial charge in [0.1, 0.15) is 5.75 Å². The molecule has 0 fully saturated rings. The molecule has 24 heavy (non-hydrogen) atoms. The van der Waals surface area contributed by atoms with Gasteiger partial charge in [-0.25, -0.2) is 9.69 Å². The third-order valence-corrected chi connectivity index (χ3v) is 3.79. The predicted octanol–water partition coefficient (Wildman–Crippen LogP) is 2.73. The maximum Gasteiger partial charge on any atom is 0.328 e. The Morgan fingerprint density at radius 3 is 2.42 bits per heavy atom. The van der Waals surface area contributed by atoms with Gasteiger partial charge < -0.3 is 9.84 Å². The molecule has 0 aromatic heterocycles. The lowest BCUT2D eigenvalue weighted by atomic mass is 9.97. The molecule has 1 unspecified atom stereocenters. The summed E-state index contributed by atoms with van der Waals surface area (Å²) in [6, 6.07) is 5.27. The van der Waals surface area contributed by atoms with Crippen molar-refractivity contribution in [3.05, 3.63) is 35.9 Å². The van der Waals surface area contributed by atoms with E-state index in [0.29, 0.717) is 11.4 Å². The average Bonchev–Trinajstić information content (AvgIpc) is 2.50. The number of carbonyl (C=O) groups is 3. The second kappa shape index (κ2) is 6.86. The van der Waals surface area contributed by atoms with Gasteiger partial charge in [-0.3, -0.25) is 9.59 Å². The standard InChI is InChI=1S/C18H21NO5/c1-10(2)12-6-5-7-13-17(12)24-16(11(3)4)18(23)19(13)14(20)8-9-15(21)22/h5-11,16H,1-4H3,(H,21,22)/b9-8+. The van der Waals surface area contributed by atoms with Crippen molar-refractivity contribution in [1.82, 2.24) is 0 Å². The van der Waals surface area contributed by atoms with E-state index in [4.69, 9.17) is 9.84 Å². The smallest absolute Gasteiger partial charge is 0.328 e. The zero-order chi connectivity index (χ0) is 18.0. The van der Waals surface area contributed by atoms with E-state index in [9.17, 15) is 14.4 Å². The molecule has 128 valence electrons. The van der Waals surface area contributed by atoms with Crippen LogP contribution in [0.2, 0.25) is 0 Å². The number of anilines is 1. The van der Waals surface area contributed by atoms with Crippen molar-refractivity contribution < 1.29 is 24.2 Å². The fraction of sp³-hybridized carbons (Fsp3) is 0.389. The minimum Gasteiger partial charge on any atom is -0.478 e. The lowest BCUT2D eigenvalue weighted by molar-refractivity contribution is -0.133. The fourth-order valence-corrected chi connectivity index (χ4v) is 2.59. The van der Waals surface area contributed by atoms with E-state index in [1.54, 1.807) is 12.1 Å². The third-order valence-electron chi connectivity index (χ3n) is 3.79. The van der Waals surface area contributed by atoms with Crippen LogP contribution in [0.5, 0.6) is 5.75 Å². The summed E-state index contributed by atoms with van der Waals surface area (Å²) in [5, 5.41) is 8.71. The Bertz CT molecular complexity index is 705. The van der Waals surface area contributed by atoms with Crippen LogP contribution in [0.1, 0.15) is 39.2 Å². The van der Waals surface area contributed by atoms with Gasteiger partial charge in [-0.15, -0.1) is 0 Å². The molecule has 1 aromatic carbocycles. The Hall–Kier alpha value is -2.63. The molecule has 0 radical (unpaired) electrons. The van der Waals surface area contributed by atoms with E-state index in [0.717, 1.165) is 22.6 Å². The van der Waals surface area contributed by atoms with Gasteiger partial charge in [0.2, 0.25) is 0 Å². The Kier molecular flexibility index (Phi) is 5.07. The summed E-state index contributed by atoms with van der Waals surface area (Å²) in [5.41, 5.74) is 1.24. The molecule has 6 nitrogen and oxygen atoms in total. The second-order valence-corrected chi connectivity index (χ2v) is 6.32. The maximum absolute atomic E-state index is 12.7. The third kappa shape index (κ3) is 3.32. The Balaban J connectivity index is 2.58. The molecule has 0 spiro atoms. The number of aliphatic carboxylic acids is 1. The summed E-state index contributed by atoms with van der Waals surface area (Å²) >= 11 is 0. The van der Waals surface area contributed by atoms with E-state index >= 15 is 0 Å². The largest absolute Gasteiger partial charge is 0.478 e. The molecule has 1 aliphatic rings. The molecule has 2 amide bonds. The summed E-state index contributed by atoms with van der Waals surface area (Å²) in [6.45, 7) is 7.66. The van der Waals surface area contributed by atoms with Crippen molar-refractivity contribution in [2.45, 2.75) is 39.7 Å². The number of nitrogens with zero attached hydrogens (tertiary/aromatic N) is 1. The van der Waals surface area contributed by atoms with Gasteiger partial charge in [-0.2, -0.15) is 0 Å². The fourth-order valence-electron chi connectivity index (χ4n) is 2.59. The second-order valence-electron chi connectivity index (χ2n) is 6.32. The molecule has 0 saturated heterocycles. The number of carboxylic acids is 1. The molecular formula is C18H21NO5. The van der Waals surface area contributed by atoms with Gasteiger partial charge in [-0.05, 0) is 23.5 Å². The SMILES string of the molecule is CC(C)c1cccc2c1OC(C(C)C)C(=O)N2C(=O)/C=C/C(=O)O. The van der Waals surface area contributed by atoms with Gasteiger partial charge in [0.25, 0.3) is 11.8 Å². The monoisotopic (exact) mass is 331 g/mol. The van der Waals surface area contributed by atoms with Crippen LogP contribution < -0.4 is 9.64 Å². The van der Waals surface area contributed by atoms with Crippen LogP contribution >= 0.6 is 0 Å². The number of carbonyl (C=O) groups excluding carboxylic acids is 2. The van der Waals surface area contributed by atoms with Crippen molar-refractivity contribution in [2.75, 3.05) is 4.90 Å². The Morgan fingerprint density at radius 2 is 1.88 bits per heavy atom. The summed E-state index contributed by atoms with van der Waals surface area (Å²) < 4.78 is 5.92. The lowest BCUT2D eigenvalue weighted by Gasteiger charge is -2.35. The number of ether oxygens (including phenoxy) is 1. The minimum atomic E-state index is -1.25. The number of imide groups is 1. The molecule has 0 bridgehead atoms. The molecule has 0 aliphatic carbocycles. The minimum absolute atomic E-state index is 0.135. The van der Waals surface area contributed by atoms with Crippen LogP contribution in [0.25, 0.3) is 0 Å². The first-order valence-electron chi connectivity index (χ1n) is 7.82. The Labute approximate surface area is 140 Å². The summed E-state index contributed by atoms with van der Waals surface area (Å²) in [7, 11) is 0. The number of amides is 2. The van der Waals surface area contributed by atoms with Crippen molar-refractivity contribution in [3.8, 4) is 5.75 Å². The molecule has 1 atom stereocenters. The first-order chi connectivity index (χ1) is 11.2. The number of carboxylic acid groups (broad SMARTS) is 1. The summed E-state index contributed by atoms with van der Waals surface area (Å²) in [6.07, 6.45) is 0.815. The average molecular weight is 331 g/mol. The highest BCUT2D eigenvalue weighted by molar-refractivity contribution is 6.22. The molecular weight excluding hydrogens is 310 g/mol. The van der Waals surface area contributed by atoms with Crippen molar-refractivity contribution >= 4 is 23.5 Å². The highest BCUT2D eigenvalue weighted by Gasteiger charge is 2.40. The number of para-hydroxylation sites is 1. The van der Waals surface area contributed by atoms with Gasteiger partial charge >= 0.3 is 5.97 Å². The zero-order valence-corrected chi connectivity index (χ0v) is 14.1. The van der Waals surface area contributed by atoms with E-state index in [2.05, 4.69) is 0 Å². The zero-order valence-electron chi connectivity index (χ0n) is 14.1. The Morgan fingerprint density at radius 1 is 1.21 bits per heavy atom. The van der Waals surface area contributed by atoms with Crippen LogP contribution in [-0.2, 0) is 14.4 Å². The van der Waals surface area contributed by atoms with Gasteiger partial charge in [0.15, 0.2) is 6.10 Å². The normalized spacial score (nSPS) is 17.3. The first kappa shape index (κ1) is 17.7. The quantitative estimate of drug-likeness (QED) is 0.858. The van der Waals surface area contributed by atoms with Crippen LogP contribution in [0.15, 0.2) is 30.4 Å². The number of benzene rings is 1. The van der Waals surface area contributed by atoms with E-state index < -0.39 is 23.9 Å². The van der Waals surface area contributed by atoms with Crippen LogP contribution in [0.3, 0.4) is 0 Å². The molecule has 2 rings (SSSR count). The van der Waals surface area contributed by atoms with Gasteiger partial charge in [0.05, 0.1) is 5.69 Å². The van der Waals surface area contributed by atoms with Crippen molar-refractivity contribution in [3.63, 3.8) is 0 Å². The maximum atomic E-state index is 12.7. The van der Waals surface area contributed by atoms with E-state index in [1.165, 1.54) is 0 Å². The first-order valence-corrected chi connectivity index (χ1v) is 7.82. The molecule has 1 N–H and O–H groups in total. The topological polar surface area (TPSA) is 83.9 Å². The van der Waals surface area contributed by atoms with Gasteiger partial charge in [0, 0.05) is 12.2 Å². The number of hydrogen-bond acceptors (Lipinski definition) is 4. The number of rotatable bonds is 4. The summed E-state index contributed by atoms with van der Waals surface area (Å²) in [5.74, 6) is -1.92. The van der Waals surface area contributed by atoms with Crippen LogP contribution in [-0.4, -0.2) is 29.0 Å². The molecule has 1 aliphatic heterocycles. The van der Waals surface area contributed by atoms with Crippen molar-refractivity contribution in [1.29, 1.82) is 0 Å². The number of hydrogen-bond donors (Lipinski definition) is 1. The molecule has 6 heteroatoms. The van der Waals surface area contributed by atoms with Crippen LogP contribution in [0, 0.1) is 5.92 Å². The van der Waals surface area contributed by atoms with E-state index in [-0.39, 0.29) is 11.8 Å². The molecule has 1 heterocycles. The summed E-state index contributed by atoms with van der Waals surface area (Å²) in [4.78, 5) is 36.8. The van der Waals surface area contributed by atoms with E-state index in [1.807, 2.05) is 33.8 Å². The van der Waals surface area contributed by atoms with Crippen molar-refractivity contribution in [2.24, 2.45) is 5.92 Å². The van der Waals surface area contributed by atoms with Crippen LogP contribution in [0.4, 0.5) is 5.69 Å². The predicted molar refractivity (Wildman–Crippen MR) is 89.1 cm³/mol. The molecule has 0 saturated carbocycles. The lowest BCUT2D eigenvalue weighted by Crippen LogP contribution is -2.50. The molecule has 1 aromatic rings. The highest BCUT2D eigenvalue weighted by atomic mass is 16.5. The number of fused-ring (bicyclic) bond motifs is 1.